The van der Waals surface area contributed by atoms with Crippen LogP contribution in [-0.4, -0.2) is 27.5 Å². The molecule has 208 valence electrons. The van der Waals surface area contributed by atoms with Gasteiger partial charge >= 0.3 is 11.9 Å². The Morgan fingerprint density at radius 3 is 1.84 bits per heavy atom. The summed E-state index contributed by atoms with van der Waals surface area (Å²) in [6.45, 7) is 6.12. The van der Waals surface area contributed by atoms with Crippen LogP contribution >= 0.6 is 11.8 Å². The summed E-state index contributed by atoms with van der Waals surface area (Å²) in [6.07, 6.45) is 31.5. The molecule has 0 aliphatic carbocycles. The van der Waals surface area contributed by atoms with Gasteiger partial charge in [-0.15, -0.1) is 11.8 Å². The average Bonchev–Trinajstić information content (AvgIpc) is 2.92. The highest BCUT2D eigenvalue weighted by atomic mass is 32.2. The predicted molar refractivity (Wildman–Crippen MR) is 163 cm³/mol. The van der Waals surface area contributed by atoms with Gasteiger partial charge in [-0.25, -0.2) is 4.79 Å². The van der Waals surface area contributed by atoms with Gasteiger partial charge in [-0.3, -0.25) is 4.79 Å². The van der Waals surface area contributed by atoms with E-state index in [9.17, 15) is 14.7 Å². The summed E-state index contributed by atoms with van der Waals surface area (Å²) >= 11 is 1.63. The highest BCUT2D eigenvalue weighted by Gasteiger charge is 2.37. The number of carboxylic acids is 1. The lowest BCUT2D eigenvalue weighted by Crippen LogP contribution is -2.38. The van der Waals surface area contributed by atoms with Gasteiger partial charge in [-0.2, -0.15) is 0 Å². The molecule has 0 unspecified atom stereocenters. The summed E-state index contributed by atoms with van der Waals surface area (Å²) in [6, 6.07) is 6.29. The molecule has 0 saturated heterocycles. The van der Waals surface area contributed by atoms with E-state index in [-0.39, 0.29) is 17.3 Å². The average molecular weight is 539 g/mol. The summed E-state index contributed by atoms with van der Waals surface area (Å²) in [4.78, 5) is 24.5. The van der Waals surface area contributed by atoms with E-state index in [0.29, 0.717) is 12.8 Å². The van der Waals surface area contributed by atoms with E-state index in [1.807, 2.05) is 13.8 Å². The minimum atomic E-state index is -1.10. The molecule has 1 N–H and O–H groups in total. The lowest BCUT2D eigenvalue weighted by atomic mass is 10.0. The second-order valence-corrected chi connectivity index (χ2v) is 10.4. The van der Waals surface area contributed by atoms with Crippen molar-refractivity contribution >= 4 is 23.7 Å². The number of rotatable bonds is 20. The standard InChI is InChI=1S/C33H46O4S/c1-4-7-8-9-10-11-12-13-14-15-16-17-18-19-20-21-22-25-28-38-33(5-2,6-3)32(36)37-30-27-24-23-26-29(30)31(34)35/h7-8,10-11,13-14,16-17,19-20,23-24,26-27H,4-6,9,12,15,18,21-22,25,28H2,1-3H3,(H,34,35). The first-order valence-corrected chi connectivity index (χ1v) is 14.9. The third-order valence-electron chi connectivity index (χ3n) is 6.14. The highest BCUT2D eigenvalue weighted by molar-refractivity contribution is 8.01. The van der Waals surface area contributed by atoms with Crippen molar-refractivity contribution in [2.24, 2.45) is 0 Å². The number of aromatic carboxylic acids is 1. The van der Waals surface area contributed by atoms with Gasteiger partial charge in [0.25, 0.3) is 0 Å². The molecular weight excluding hydrogens is 492 g/mol. The Morgan fingerprint density at radius 2 is 1.32 bits per heavy atom. The fourth-order valence-corrected chi connectivity index (χ4v) is 5.03. The molecule has 1 rings (SSSR count). The van der Waals surface area contributed by atoms with Crippen LogP contribution in [0.15, 0.2) is 85.0 Å². The summed E-state index contributed by atoms with van der Waals surface area (Å²) in [5, 5.41) is 9.36. The van der Waals surface area contributed by atoms with Gasteiger partial charge in [0.1, 0.15) is 16.1 Å². The van der Waals surface area contributed by atoms with E-state index in [2.05, 4.69) is 67.7 Å². The Labute approximate surface area is 234 Å². The molecule has 0 heterocycles. The molecule has 1 aromatic carbocycles. The van der Waals surface area contributed by atoms with Gasteiger partial charge in [-0.1, -0.05) is 93.7 Å². The number of carbonyl (C=O) groups is 2. The molecular formula is C33H46O4S. The van der Waals surface area contributed by atoms with Crippen LogP contribution in [0.3, 0.4) is 0 Å². The number of esters is 1. The quantitative estimate of drug-likeness (QED) is 0.0775. The Kier molecular flexibility index (Phi) is 18.5. The molecule has 0 aliphatic heterocycles. The molecule has 0 atom stereocenters. The molecule has 5 heteroatoms. The van der Waals surface area contributed by atoms with Gasteiger partial charge < -0.3 is 9.84 Å². The van der Waals surface area contributed by atoms with Gasteiger partial charge in [0.2, 0.25) is 0 Å². The van der Waals surface area contributed by atoms with Crippen molar-refractivity contribution in [3.63, 3.8) is 0 Å². The first kappa shape index (κ1) is 33.2. The van der Waals surface area contributed by atoms with Crippen LogP contribution in [-0.2, 0) is 4.79 Å². The zero-order valence-electron chi connectivity index (χ0n) is 23.4. The number of thioether (sulfide) groups is 1. The van der Waals surface area contributed by atoms with Crippen LogP contribution in [0.4, 0.5) is 0 Å². The van der Waals surface area contributed by atoms with E-state index < -0.39 is 10.7 Å². The molecule has 0 bridgehead atoms. The number of para-hydroxylation sites is 1. The van der Waals surface area contributed by atoms with Crippen LogP contribution in [0.2, 0.25) is 0 Å². The molecule has 0 amide bonds. The van der Waals surface area contributed by atoms with Crippen molar-refractivity contribution in [2.75, 3.05) is 5.75 Å². The molecule has 0 aromatic heterocycles. The monoisotopic (exact) mass is 538 g/mol. The van der Waals surface area contributed by atoms with E-state index in [4.69, 9.17) is 4.74 Å². The maximum Gasteiger partial charge on any atom is 0.339 e. The summed E-state index contributed by atoms with van der Waals surface area (Å²) in [5.74, 6) is -0.494. The molecule has 0 radical (unpaired) electrons. The second-order valence-electron chi connectivity index (χ2n) is 8.94. The van der Waals surface area contributed by atoms with E-state index >= 15 is 0 Å². The molecule has 1 aromatic rings. The van der Waals surface area contributed by atoms with Crippen LogP contribution in [0.5, 0.6) is 5.75 Å². The molecule has 0 fully saturated rings. The Hall–Kier alpha value is -2.79. The SMILES string of the molecule is CCC=CCC=CCC=CCC=CCC=CCCCCSC(CC)(CC)C(=O)Oc1ccccc1C(=O)O. The van der Waals surface area contributed by atoms with Crippen LogP contribution < -0.4 is 4.74 Å². The highest BCUT2D eigenvalue weighted by Crippen LogP contribution is 2.35. The van der Waals surface area contributed by atoms with Crippen molar-refractivity contribution in [3.8, 4) is 5.75 Å². The number of ether oxygens (including phenoxy) is 1. The van der Waals surface area contributed by atoms with Gasteiger partial charge in [-0.05, 0) is 82.1 Å². The fourth-order valence-electron chi connectivity index (χ4n) is 3.73. The normalized spacial score (nSPS) is 12.6. The van der Waals surface area contributed by atoms with Crippen molar-refractivity contribution < 1.29 is 19.4 Å². The maximum absolute atomic E-state index is 13.0. The summed E-state index contributed by atoms with van der Waals surface area (Å²) < 4.78 is 4.91. The number of hydrogen-bond acceptors (Lipinski definition) is 4. The number of allylic oxidation sites excluding steroid dienone is 10. The summed E-state index contributed by atoms with van der Waals surface area (Å²) in [7, 11) is 0. The number of benzene rings is 1. The van der Waals surface area contributed by atoms with Crippen LogP contribution in [0, 0.1) is 0 Å². The van der Waals surface area contributed by atoms with E-state index in [0.717, 1.165) is 57.1 Å². The Morgan fingerprint density at radius 1 is 0.789 bits per heavy atom. The predicted octanol–water partition coefficient (Wildman–Crippen LogP) is 9.50. The molecule has 0 saturated carbocycles. The smallest absolute Gasteiger partial charge is 0.339 e. The van der Waals surface area contributed by atoms with E-state index in [1.165, 1.54) is 12.1 Å². The largest absolute Gasteiger partial charge is 0.478 e. The molecule has 38 heavy (non-hydrogen) atoms. The minimum Gasteiger partial charge on any atom is -0.478 e. The summed E-state index contributed by atoms with van der Waals surface area (Å²) in [5.41, 5.74) is 0.00372. The number of hydrogen-bond donors (Lipinski definition) is 1. The van der Waals surface area contributed by atoms with Crippen LogP contribution in [0.25, 0.3) is 0 Å². The first-order chi connectivity index (χ1) is 18.5. The Balaban J connectivity index is 2.28. The van der Waals surface area contributed by atoms with E-state index in [1.54, 1.807) is 23.9 Å². The lowest BCUT2D eigenvalue weighted by Gasteiger charge is -2.28. The third-order valence-corrected chi connectivity index (χ3v) is 7.92. The first-order valence-electron chi connectivity index (χ1n) is 13.9. The minimum absolute atomic E-state index is 0.00372. The topological polar surface area (TPSA) is 63.6 Å². The zero-order chi connectivity index (χ0) is 27.9. The second kappa shape index (κ2) is 21.2. The lowest BCUT2D eigenvalue weighted by molar-refractivity contribution is -0.137. The zero-order valence-corrected chi connectivity index (χ0v) is 24.3. The Bertz CT molecular complexity index is 951. The van der Waals surface area contributed by atoms with Crippen LogP contribution in [0.1, 0.15) is 95.3 Å². The number of carbonyl (C=O) groups excluding carboxylic acids is 1. The van der Waals surface area contributed by atoms with Crippen molar-refractivity contribution in [1.29, 1.82) is 0 Å². The van der Waals surface area contributed by atoms with Crippen molar-refractivity contribution in [2.45, 2.75) is 89.7 Å². The number of carboxylic acid groups (broad SMARTS) is 1. The fraction of sp³-hybridized carbons (Fsp3) is 0.455. The molecule has 4 nitrogen and oxygen atoms in total. The van der Waals surface area contributed by atoms with Gasteiger partial charge in [0.05, 0.1) is 0 Å². The van der Waals surface area contributed by atoms with Crippen molar-refractivity contribution in [3.05, 3.63) is 90.6 Å². The third kappa shape index (κ3) is 13.7. The maximum atomic E-state index is 13.0. The molecule has 0 spiro atoms. The van der Waals surface area contributed by atoms with Crippen molar-refractivity contribution in [1.82, 2.24) is 0 Å². The van der Waals surface area contributed by atoms with Gasteiger partial charge in [0, 0.05) is 0 Å². The molecule has 0 aliphatic rings. The number of unbranched alkanes of at least 4 members (excludes halogenated alkanes) is 2. The van der Waals surface area contributed by atoms with Gasteiger partial charge in [0.15, 0.2) is 0 Å².